The van der Waals surface area contributed by atoms with Gasteiger partial charge < -0.3 is 9.11 Å². The second-order valence-corrected chi connectivity index (χ2v) is 3.63. The van der Waals surface area contributed by atoms with Crippen LogP contribution in [0.15, 0.2) is 24.5 Å². The third-order valence-electron chi connectivity index (χ3n) is 1.78. The summed E-state index contributed by atoms with van der Waals surface area (Å²) >= 11 is 2.90. The summed E-state index contributed by atoms with van der Waals surface area (Å²) in [6, 6.07) is 4.28. The van der Waals surface area contributed by atoms with Crippen molar-refractivity contribution in [3.8, 4) is 0 Å². The zero-order valence-electron chi connectivity index (χ0n) is 9.52. The van der Waals surface area contributed by atoms with E-state index in [0.29, 0.717) is 10.9 Å². The molecular weight excluding hydrogens is 309 g/mol. The Bertz CT molecular complexity index is 610. The maximum Gasteiger partial charge on any atom is 1.00 e. The summed E-state index contributed by atoms with van der Waals surface area (Å²) in [5.74, 6) is 0. The Kier molecular flexibility index (Phi) is 8.18. The van der Waals surface area contributed by atoms with E-state index in [9.17, 15) is 10.1 Å². The number of hydrogen-bond acceptors (Lipinski definition) is 6. The summed E-state index contributed by atoms with van der Waals surface area (Å²) in [6.45, 7) is 0. The molecule has 96 valence electrons. The number of halogens is 1. The van der Waals surface area contributed by atoms with Gasteiger partial charge in [0, 0.05) is 17.5 Å². The van der Waals surface area contributed by atoms with E-state index >= 15 is 0 Å². The SMILES string of the molecule is O=S([O-])O.O=[N+]([O-])c1ccc2ncnc(Cl)c2c1.[Na+]. The molecule has 1 aromatic carbocycles. The molecule has 0 fully saturated rings. The van der Waals surface area contributed by atoms with Gasteiger partial charge in [-0.15, -0.1) is 0 Å². The third kappa shape index (κ3) is 5.87. The molecule has 1 N–H and O–H groups in total. The molecule has 0 bridgehead atoms. The number of non-ortho nitro benzene ring substituents is 1. The van der Waals surface area contributed by atoms with Crippen LogP contribution in [-0.2, 0) is 11.4 Å². The van der Waals surface area contributed by atoms with Gasteiger partial charge in [0.2, 0.25) is 0 Å². The van der Waals surface area contributed by atoms with E-state index in [0.717, 1.165) is 0 Å². The number of nitro groups is 1. The zero-order chi connectivity index (χ0) is 13.7. The molecule has 1 aromatic heterocycles. The van der Waals surface area contributed by atoms with Gasteiger partial charge >= 0.3 is 29.6 Å². The maximum absolute atomic E-state index is 10.5. The van der Waals surface area contributed by atoms with Crippen molar-refractivity contribution >= 4 is 39.6 Å². The Hall–Kier alpha value is -0.680. The fourth-order valence-electron chi connectivity index (χ4n) is 1.13. The minimum Gasteiger partial charge on any atom is -0.750 e. The van der Waals surface area contributed by atoms with Crippen LogP contribution in [0.3, 0.4) is 0 Å². The Labute approximate surface area is 136 Å². The first-order chi connectivity index (χ1) is 8.41. The van der Waals surface area contributed by atoms with Crippen molar-refractivity contribution in [1.82, 2.24) is 9.97 Å². The van der Waals surface area contributed by atoms with Crippen LogP contribution in [0.25, 0.3) is 10.9 Å². The number of rotatable bonds is 1. The van der Waals surface area contributed by atoms with Crippen LogP contribution in [-0.4, -0.2) is 28.2 Å². The molecule has 11 heteroatoms. The Morgan fingerprint density at radius 1 is 1.37 bits per heavy atom. The summed E-state index contributed by atoms with van der Waals surface area (Å²) in [5.41, 5.74) is 0.574. The van der Waals surface area contributed by atoms with Crippen LogP contribution in [0.2, 0.25) is 5.15 Å². The zero-order valence-corrected chi connectivity index (χ0v) is 13.1. The van der Waals surface area contributed by atoms with Gasteiger partial charge in [-0.05, 0) is 6.07 Å². The van der Waals surface area contributed by atoms with Crippen LogP contribution in [0.5, 0.6) is 0 Å². The number of hydrogen-bond donors (Lipinski definition) is 1. The molecule has 8 nitrogen and oxygen atoms in total. The van der Waals surface area contributed by atoms with Crippen molar-refractivity contribution in [1.29, 1.82) is 0 Å². The van der Waals surface area contributed by atoms with Gasteiger partial charge in [-0.25, -0.2) is 14.2 Å². The van der Waals surface area contributed by atoms with E-state index < -0.39 is 16.3 Å². The van der Waals surface area contributed by atoms with E-state index in [1.165, 1.54) is 18.5 Å². The largest absolute Gasteiger partial charge is 1.00 e. The van der Waals surface area contributed by atoms with Crippen molar-refractivity contribution < 1.29 is 47.8 Å². The molecule has 19 heavy (non-hydrogen) atoms. The second-order valence-electron chi connectivity index (χ2n) is 2.84. The third-order valence-corrected chi connectivity index (χ3v) is 2.08. The molecule has 2 aromatic rings. The maximum atomic E-state index is 10.5. The quantitative estimate of drug-likeness (QED) is 0.224. The molecule has 0 aliphatic rings. The molecule has 0 spiro atoms. The summed E-state index contributed by atoms with van der Waals surface area (Å²) in [7, 11) is 0. The molecule has 0 amide bonds. The first kappa shape index (κ1) is 18.3. The standard InChI is InChI=1S/C8H4ClN3O2.Na.H2O3S/c9-8-6-3-5(12(13)14)1-2-7(6)10-4-11-8;;1-4(2)3/h1-4H;;(H2,1,2,3)/q;+1;/p-1. The van der Waals surface area contributed by atoms with E-state index in [-0.39, 0.29) is 40.4 Å². The number of benzene rings is 1. The van der Waals surface area contributed by atoms with E-state index in [1.54, 1.807) is 6.07 Å². The van der Waals surface area contributed by atoms with Crippen molar-refractivity contribution in [2.45, 2.75) is 0 Å². The predicted molar refractivity (Wildman–Crippen MR) is 62.8 cm³/mol. The topological polar surface area (TPSA) is 129 Å². The normalized spacial score (nSPS) is 10.9. The van der Waals surface area contributed by atoms with Gasteiger partial charge in [0.05, 0.1) is 21.8 Å². The fourth-order valence-corrected chi connectivity index (χ4v) is 1.32. The van der Waals surface area contributed by atoms with Crippen molar-refractivity contribution in [3.63, 3.8) is 0 Å². The molecule has 1 heterocycles. The van der Waals surface area contributed by atoms with Gasteiger partial charge in [0.15, 0.2) is 0 Å². The smallest absolute Gasteiger partial charge is 0.750 e. The minimum atomic E-state index is -2.86. The number of fused-ring (bicyclic) bond motifs is 1. The molecule has 0 aliphatic carbocycles. The van der Waals surface area contributed by atoms with E-state index in [2.05, 4.69) is 9.97 Å². The van der Waals surface area contributed by atoms with E-state index in [4.69, 9.17) is 24.9 Å². The van der Waals surface area contributed by atoms with Gasteiger partial charge in [0.25, 0.3) is 5.69 Å². The average molecular weight is 314 g/mol. The van der Waals surface area contributed by atoms with Crippen LogP contribution >= 0.6 is 11.6 Å². The molecule has 1 unspecified atom stereocenters. The van der Waals surface area contributed by atoms with Crippen molar-refractivity contribution in [2.24, 2.45) is 0 Å². The Balaban J connectivity index is 0.000000576. The van der Waals surface area contributed by atoms with Gasteiger partial charge in [0.1, 0.15) is 11.5 Å². The first-order valence-electron chi connectivity index (χ1n) is 4.25. The number of nitrogens with zero attached hydrogens (tertiary/aromatic N) is 3. The Morgan fingerprint density at radius 3 is 2.47 bits per heavy atom. The second kappa shape index (κ2) is 8.48. The first-order valence-corrected chi connectivity index (χ1v) is 5.66. The molecule has 1 atom stereocenters. The fraction of sp³-hybridized carbons (Fsp3) is 0. The van der Waals surface area contributed by atoms with Crippen molar-refractivity contribution in [3.05, 3.63) is 39.8 Å². The molecule has 0 radical (unpaired) electrons. The molecule has 0 saturated heterocycles. The van der Waals surface area contributed by atoms with Gasteiger partial charge in [-0.2, -0.15) is 0 Å². The number of nitro benzene ring substituents is 1. The van der Waals surface area contributed by atoms with Crippen molar-refractivity contribution in [2.75, 3.05) is 0 Å². The Morgan fingerprint density at radius 2 is 1.95 bits per heavy atom. The summed E-state index contributed by atoms with van der Waals surface area (Å²) < 4.78 is 24.1. The minimum absolute atomic E-state index is 0. The number of aromatic nitrogens is 2. The van der Waals surface area contributed by atoms with Crippen LogP contribution in [0, 0.1) is 10.1 Å². The molecular formula is C8H5ClN3NaO5S. The van der Waals surface area contributed by atoms with Gasteiger partial charge in [-0.3, -0.25) is 10.1 Å². The van der Waals surface area contributed by atoms with E-state index in [1.807, 2.05) is 0 Å². The average Bonchev–Trinajstić information content (AvgIpc) is 2.28. The summed E-state index contributed by atoms with van der Waals surface area (Å²) in [6.07, 6.45) is 1.32. The van der Waals surface area contributed by atoms with Crippen LogP contribution < -0.4 is 29.6 Å². The monoisotopic (exact) mass is 313 g/mol. The molecule has 0 aliphatic heterocycles. The summed E-state index contributed by atoms with van der Waals surface area (Å²) in [5, 5.41) is 11.2. The molecule has 0 saturated carbocycles. The molecule has 2 rings (SSSR count). The van der Waals surface area contributed by atoms with Crippen LogP contribution in [0.1, 0.15) is 0 Å². The predicted octanol–water partition coefficient (Wildman–Crippen LogP) is -1.47. The van der Waals surface area contributed by atoms with Crippen LogP contribution in [0.4, 0.5) is 5.69 Å². The van der Waals surface area contributed by atoms with Gasteiger partial charge in [-0.1, -0.05) is 11.6 Å². The summed E-state index contributed by atoms with van der Waals surface area (Å²) in [4.78, 5) is 17.7.